The molecule has 0 spiro atoms. The number of Topliss-reactive ketones (excluding diaryl/α,β-unsaturated/α-hetero) is 4. The van der Waals surface area contributed by atoms with E-state index in [1.807, 2.05) is 6.92 Å². The summed E-state index contributed by atoms with van der Waals surface area (Å²) in [4.78, 5) is 171. The number of aliphatic hydroxyl groups excluding tert-OH is 1. The van der Waals surface area contributed by atoms with Crippen LogP contribution >= 0.6 is 0 Å². The zero-order valence-electron chi connectivity index (χ0n) is 72.9. The van der Waals surface area contributed by atoms with Gasteiger partial charge in [0.1, 0.15) is 55.8 Å². The zero-order chi connectivity index (χ0) is 90.8. The largest absolute Gasteiger partial charge is 0.494 e. The second kappa shape index (κ2) is 74.1. The third kappa shape index (κ3) is 61.2. The lowest BCUT2D eigenvalue weighted by Gasteiger charge is -2.24. The van der Waals surface area contributed by atoms with Crippen LogP contribution in [0.25, 0.3) is 0 Å². The predicted molar refractivity (Wildman–Crippen MR) is 456 cm³/mol. The number of aliphatic carboxylic acids is 2. The Morgan fingerprint density at radius 1 is 0.347 bits per heavy atom. The first-order chi connectivity index (χ1) is 59.9. The Hall–Kier alpha value is -9.14. The number of benzene rings is 2. The van der Waals surface area contributed by atoms with Crippen molar-refractivity contribution in [2.75, 3.05) is 152 Å². The Morgan fingerprint density at radius 2 is 0.766 bits per heavy atom. The number of aliphatic hydroxyl groups is 1. The quantitative estimate of drug-likeness (QED) is 0.0280. The lowest BCUT2D eigenvalue weighted by atomic mass is 9.84. The number of ketones is 4. The van der Waals surface area contributed by atoms with Crippen LogP contribution in [0.4, 0.5) is 4.79 Å². The molecule has 2 rings (SSSR count). The molecule has 5 atom stereocenters. The summed E-state index contributed by atoms with van der Waals surface area (Å²) < 4.78 is 54.7. The Kier molecular flexibility index (Phi) is 66.3. The smallest absolute Gasteiger partial charge is 0.407 e. The number of unbranched alkanes of at least 4 members (excludes halogenated alkanes) is 14. The van der Waals surface area contributed by atoms with Crippen LogP contribution in [-0.4, -0.2) is 278 Å². The number of hydrogen-bond acceptors (Lipinski definition) is 26. The summed E-state index contributed by atoms with van der Waals surface area (Å²) in [7, 11) is 0. The lowest BCUT2D eigenvalue weighted by molar-refractivity contribution is -0.142. The third-order valence-corrected chi connectivity index (χ3v) is 19.6. The van der Waals surface area contributed by atoms with Gasteiger partial charge in [-0.15, -0.1) is 0 Å². The first-order valence-electron chi connectivity index (χ1n) is 44.1. The van der Waals surface area contributed by atoms with Crippen molar-refractivity contribution >= 4 is 82.6 Å². The summed E-state index contributed by atoms with van der Waals surface area (Å²) in [6, 6.07) is 9.71. The van der Waals surface area contributed by atoms with Gasteiger partial charge in [-0.05, 0) is 145 Å². The maximum absolute atomic E-state index is 13.6. The van der Waals surface area contributed by atoms with E-state index in [1.165, 1.54) is 24.3 Å². The number of rotatable bonds is 85. The van der Waals surface area contributed by atoms with Crippen LogP contribution < -0.4 is 46.7 Å². The van der Waals surface area contributed by atoms with Gasteiger partial charge in [-0.3, -0.25) is 43.2 Å². The highest BCUT2D eigenvalue weighted by Crippen LogP contribution is 2.23. The molecule has 0 aliphatic carbocycles. The van der Waals surface area contributed by atoms with E-state index >= 15 is 0 Å². The Labute approximate surface area is 728 Å². The predicted octanol–water partition coefficient (Wildman–Crippen LogP) is 7.85. The maximum Gasteiger partial charge on any atom is 0.407 e. The second-order valence-electron chi connectivity index (χ2n) is 30.1. The van der Waals surface area contributed by atoms with Crippen molar-refractivity contribution in [3.8, 4) is 11.5 Å². The third-order valence-electron chi connectivity index (χ3n) is 19.6. The van der Waals surface area contributed by atoms with E-state index in [9.17, 15) is 82.4 Å². The molecule has 0 fully saturated rings. The molecule has 0 bridgehead atoms. The highest BCUT2D eigenvalue weighted by atomic mass is 16.6. The number of hydrogen-bond donors (Lipinski definition) is 12. The molecule has 36 heteroatoms. The molecular weight excluding hydrogens is 1620 g/mol. The molecule has 0 heterocycles. The summed E-state index contributed by atoms with van der Waals surface area (Å²) in [6.07, 6.45) is 17.3. The van der Waals surface area contributed by atoms with E-state index < -0.39 is 66.5 Å². The highest BCUT2D eigenvalue weighted by molar-refractivity contribution is 5.90. The van der Waals surface area contributed by atoms with E-state index in [1.54, 1.807) is 31.2 Å². The molecule has 2 aromatic rings. The van der Waals surface area contributed by atoms with Crippen LogP contribution in [0, 0.1) is 11.8 Å². The van der Waals surface area contributed by atoms with E-state index in [0.29, 0.717) is 128 Å². The van der Waals surface area contributed by atoms with Gasteiger partial charge in [-0.25, -0.2) is 24.0 Å². The van der Waals surface area contributed by atoms with E-state index in [-0.39, 0.29) is 221 Å². The van der Waals surface area contributed by atoms with Gasteiger partial charge in [-0.2, -0.15) is 0 Å². The summed E-state index contributed by atoms with van der Waals surface area (Å²) in [5.41, 5.74) is 0.406. The van der Waals surface area contributed by atoms with Gasteiger partial charge in [-0.1, -0.05) is 84.5 Å². The van der Waals surface area contributed by atoms with Gasteiger partial charge >= 0.3 is 30.0 Å². The number of aromatic carboxylic acids is 2. The number of ether oxygens (including phenoxy) is 10. The number of carbonyl (C=O) groups is 14. The van der Waals surface area contributed by atoms with E-state index in [0.717, 1.165) is 77.0 Å². The van der Waals surface area contributed by atoms with Gasteiger partial charge in [0.25, 0.3) is 0 Å². The van der Waals surface area contributed by atoms with Crippen molar-refractivity contribution in [2.24, 2.45) is 11.8 Å². The summed E-state index contributed by atoms with van der Waals surface area (Å²) in [6.45, 7) is 7.53. The highest BCUT2D eigenvalue weighted by Gasteiger charge is 2.29. The van der Waals surface area contributed by atoms with Crippen molar-refractivity contribution in [1.29, 1.82) is 0 Å². The summed E-state index contributed by atoms with van der Waals surface area (Å²) >= 11 is 0. The van der Waals surface area contributed by atoms with Crippen molar-refractivity contribution in [3.05, 3.63) is 59.7 Å². The molecule has 0 aliphatic rings. The number of carbonyl (C=O) groups excluding carboxylic acids is 10. The molecule has 0 radical (unpaired) electrons. The minimum Gasteiger partial charge on any atom is -0.494 e. The SMILES string of the molecule is CCN[C@@H](CCCCNC(=O)OCCCOCCCC(=O)COCCOCCNC(=O)CC[C@H](NC(=O)CCCCCCCCCOc1ccc(C(=O)O)cc1)C(=O)O)C(=O)C(C)C[C@@H](CCCCNC(=O)COCCOCCNC(=O)COCCOCCCC(=O)CC[C@H](NC(=O)CCCCCCCCCOc1ccc(C(=O)O)cc1)C(=O)O)C(=O)CO. The molecule has 0 aliphatic heterocycles. The monoisotopic (exact) mass is 1760 g/mol. The number of carboxylic acids is 4. The van der Waals surface area contributed by atoms with Crippen LogP contribution in [0.2, 0.25) is 0 Å². The summed E-state index contributed by atoms with van der Waals surface area (Å²) in [5, 5.41) is 66.0. The molecule has 0 saturated carbocycles. The van der Waals surface area contributed by atoms with Crippen molar-refractivity contribution in [1.82, 2.24) is 37.2 Å². The van der Waals surface area contributed by atoms with Crippen LogP contribution in [0.5, 0.6) is 11.5 Å². The molecule has 0 aromatic heterocycles. The van der Waals surface area contributed by atoms with Gasteiger partial charge in [0.05, 0.1) is 89.8 Å². The van der Waals surface area contributed by atoms with Gasteiger partial charge < -0.3 is 110 Å². The molecule has 2 aromatic carbocycles. The van der Waals surface area contributed by atoms with Gasteiger partial charge in [0, 0.05) is 103 Å². The molecule has 1 unspecified atom stereocenters. The average Bonchev–Trinajstić information content (AvgIpc) is 0.891. The Bertz CT molecular complexity index is 3330. The lowest BCUT2D eigenvalue weighted by Crippen LogP contribution is -2.41. The minimum atomic E-state index is -1.22. The average molecular weight is 1760 g/mol. The van der Waals surface area contributed by atoms with Gasteiger partial charge in [0.15, 0.2) is 17.3 Å². The van der Waals surface area contributed by atoms with E-state index in [4.69, 9.17) is 57.6 Å². The topological polar surface area (TPSA) is 517 Å². The molecule has 36 nitrogen and oxygen atoms in total. The van der Waals surface area contributed by atoms with Gasteiger partial charge in [0.2, 0.25) is 29.5 Å². The second-order valence-corrected chi connectivity index (χ2v) is 30.1. The zero-order valence-corrected chi connectivity index (χ0v) is 72.9. The number of carboxylic acid groups (broad SMARTS) is 4. The van der Waals surface area contributed by atoms with Crippen LogP contribution in [0.3, 0.4) is 0 Å². The van der Waals surface area contributed by atoms with Crippen molar-refractivity contribution in [3.63, 3.8) is 0 Å². The summed E-state index contributed by atoms with van der Waals surface area (Å²) in [5.74, 6) is -6.68. The number of alkyl carbamates (subject to hydrolysis) is 1. The molecule has 0 saturated heterocycles. The Morgan fingerprint density at radius 3 is 1.26 bits per heavy atom. The number of amides is 6. The minimum absolute atomic E-state index is 0.00526. The van der Waals surface area contributed by atoms with Crippen LogP contribution in [0.1, 0.15) is 240 Å². The molecule has 702 valence electrons. The molecule has 124 heavy (non-hydrogen) atoms. The Balaban J connectivity index is 1.39. The normalized spacial score (nSPS) is 12.3. The van der Waals surface area contributed by atoms with E-state index in [2.05, 4.69) is 37.2 Å². The standard InChI is InChI=1S/C88H141N7O29/c1-3-89-74(28-17-19-44-93-88(114)124-52-24-49-115-47-23-27-71(98)63-119-58-56-117-53-45-91-78(100)42-41-76(87(112)113)95-80(102)30-15-11-7-5-9-13-21-51-123-73-38-33-68(34-39-73)85(108)109)83(105)66(2)61-69(77(99)62-96)25-16-18-43-90-81(103)64-121-60-57-118-54-46-92-82(104)65-120-59-55-116-48-22-26-70(97)35-40-75(86(110)111)94-79(101)29-14-10-6-4-8-12-20-50-122-72-36-31-67(32-37-72)84(106)107/h31-34,36-39,66,69,74-76,89,96H,3-30,35,40-65H2,1-2H3,(H,90,103)(H,91,100)(H,92,104)(H,93,114)(H,94,101)(H,95,102)(H,106,107)(H,108,109)(H,110,111)(H,112,113)/t66?,69-,74+,75+,76+/m1/s1. The number of likely N-dealkylation sites (N-methyl/N-ethyl adjacent to an activating group) is 1. The fourth-order valence-electron chi connectivity index (χ4n) is 12.7. The molecule has 6 amide bonds. The molecule has 12 N–H and O–H groups in total. The van der Waals surface area contributed by atoms with Crippen LogP contribution in [-0.2, 0) is 90.6 Å². The first-order valence-corrected chi connectivity index (χ1v) is 44.1. The first kappa shape index (κ1) is 111. The van der Waals surface area contributed by atoms with Crippen molar-refractivity contribution < 1.29 is 140 Å². The fourth-order valence-corrected chi connectivity index (χ4v) is 12.7. The fraction of sp³-hybridized carbons (Fsp3) is 0.705. The van der Waals surface area contributed by atoms with Crippen molar-refractivity contribution in [2.45, 2.75) is 237 Å². The molecular formula is C88H141N7O29. The maximum atomic E-state index is 13.6. The van der Waals surface area contributed by atoms with Crippen LogP contribution in [0.15, 0.2) is 48.5 Å². The number of nitrogens with one attached hydrogen (secondary N) is 7.